The van der Waals surface area contributed by atoms with E-state index < -0.39 is 6.43 Å². The van der Waals surface area contributed by atoms with Gasteiger partial charge in [-0.25, -0.2) is 8.78 Å². The molecule has 0 aliphatic rings. The molecule has 0 aromatic heterocycles. The molecule has 1 aromatic rings. The maximum Gasteiger partial charge on any atom is 0.242 e. The highest BCUT2D eigenvalue weighted by Crippen LogP contribution is 2.14. The van der Waals surface area contributed by atoms with Crippen molar-refractivity contribution in [1.29, 1.82) is 0 Å². The number of halogens is 2. The van der Waals surface area contributed by atoms with Crippen LogP contribution in [-0.2, 0) is 17.6 Å². The summed E-state index contributed by atoms with van der Waals surface area (Å²) in [7, 11) is 0. The number of hydrogen-bond acceptors (Lipinski definition) is 1. The van der Waals surface area contributed by atoms with Crippen molar-refractivity contribution in [3.05, 3.63) is 35.4 Å². The second kappa shape index (κ2) is 4.84. The van der Waals surface area contributed by atoms with Crippen LogP contribution in [0.1, 0.15) is 18.1 Å². The minimum Gasteiger partial charge on any atom is -0.300 e. The molecule has 1 rings (SSSR count). The number of benzene rings is 1. The standard InChI is InChI=1S/C11H12F2O/c1-8(14)6-9-4-2-3-5-10(9)7-11(12)13/h2-5,11H,6-7H2,1H3. The predicted octanol–water partition coefficient (Wildman–Crippen LogP) is 2.63. The third-order valence-corrected chi connectivity index (χ3v) is 1.93. The van der Waals surface area contributed by atoms with Crippen LogP contribution < -0.4 is 0 Å². The Bertz CT molecular complexity index is 321. The fourth-order valence-corrected chi connectivity index (χ4v) is 1.36. The van der Waals surface area contributed by atoms with Gasteiger partial charge in [0.2, 0.25) is 6.43 Å². The number of Topliss-reactive ketones (excluding diaryl/α,β-unsaturated/α-hetero) is 1. The summed E-state index contributed by atoms with van der Waals surface area (Å²) in [6.45, 7) is 1.46. The Balaban J connectivity index is 2.85. The first-order valence-corrected chi connectivity index (χ1v) is 4.44. The smallest absolute Gasteiger partial charge is 0.242 e. The lowest BCUT2D eigenvalue weighted by Crippen LogP contribution is -2.04. The normalized spacial score (nSPS) is 10.6. The van der Waals surface area contributed by atoms with Crippen LogP contribution in [0.15, 0.2) is 24.3 Å². The summed E-state index contributed by atoms with van der Waals surface area (Å²) < 4.78 is 24.3. The number of ketones is 1. The molecular weight excluding hydrogens is 186 g/mol. The molecule has 0 spiro atoms. The van der Waals surface area contributed by atoms with Gasteiger partial charge in [0.15, 0.2) is 0 Å². The van der Waals surface area contributed by atoms with Crippen LogP contribution in [0.5, 0.6) is 0 Å². The molecule has 0 heterocycles. The molecule has 1 nitrogen and oxygen atoms in total. The predicted molar refractivity (Wildman–Crippen MR) is 50.5 cm³/mol. The van der Waals surface area contributed by atoms with Gasteiger partial charge in [-0.05, 0) is 18.1 Å². The molecule has 0 amide bonds. The topological polar surface area (TPSA) is 17.1 Å². The Hall–Kier alpha value is -1.25. The molecule has 0 fully saturated rings. The first kappa shape index (κ1) is 10.8. The van der Waals surface area contributed by atoms with Gasteiger partial charge in [-0.2, -0.15) is 0 Å². The van der Waals surface area contributed by atoms with E-state index in [1.807, 2.05) is 0 Å². The zero-order chi connectivity index (χ0) is 10.6. The average Bonchev–Trinajstić information content (AvgIpc) is 2.06. The van der Waals surface area contributed by atoms with Crippen molar-refractivity contribution in [2.24, 2.45) is 0 Å². The molecule has 0 aliphatic heterocycles. The fourth-order valence-electron chi connectivity index (χ4n) is 1.36. The van der Waals surface area contributed by atoms with Gasteiger partial charge >= 0.3 is 0 Å². The van der Waals surface area contributed by atoms with Gasteiger partial charge in [0.1, 0.15) is 5.78 Å². The van der Waals surface area contributed by atoms with Crippen molar-refractivity contribution < 1.29 is 13.6 Å². The molecule has 0 radical (unpaired) electrons. The minimum absolute atomic E-state index is 0.00767. The molecule has 0 unspecified atom stereocenters. The zero-order valence-corrected chi connectivity index (χ0v) is 7.97. The molecule has 0 aliphatic carbocycles. The maximum absolute atomic E-state index is 12.2. The Labute approximate surface area is 81.7 Å². The molecule has 1 aromatic carbocycles. The van der Waals surface area contributed by atoms with Gasteiger partial charge in [0, 0.05) is 12.8 Å². The van der Waals surface area contributed by atoms with Gasteiger partial charge in [-0.3, -0.25) is 4.79 Å². The highest BCUT2D eigenvalue weighted by Gasteiger charge is 2.09. The Morgan fingerprint density at radius 1 is 1.29 bits per heavy atom. The zero-order valence-electron chi connectivity index (χ0n) is 7.97. The first-order valence-electron chi connectivity index (χ1n) is 4.44. The van der Waals surface area contributed by atoms with Crippen LogP contribution in [-0.4, -0.2) is 12.2 Å². The van der Waals surface area contributed by atoms with E-state index in [1.54, 1.807) is 24.3 Å². The summed E-state index contributed by atoms with van der Waals surface area (Å²) in [6.07, 6.45) is -2.39. The second-order valence-electron chi connectivity index (χ2n) is 3.24. The summed E-state index contributed by atoms with van der Waals surface area (Å²) >= 11 is 0. The van der Waals surface area contributed by atoms with Crippen LogP contribution in [0.25, 0.3) is 0 Å². The van der Waals surface area contributed by atoms with E-state index in [2.05, 4.69) is 0 Å². The van der Waals surface area contributed by atoms with Crippen molar-refractivity contribution in [3.63, 3.8) is 0 Å². The van der Waals surface area contributed by atoms with Gasteiger partial charge < -0.3 is 0 Å². The Morgan fingerprint density at radius 3 is 2.36 bits per heavy atom. The number of carbonyl (C=O) groups excluding carboxylic acids is 1. The summed E-state index contributed by atoms with van der Waals surface area (Å²) in [4.78, 5) is 10.9. The van der Waals surface area contributed by atoms with Gasteiger partial charge in [0.05, 0.1) is 0 Å². The molecular formula is C11H12F2O. The quantitative estimate of drug-likeness (QED) is 0.726. The summed E-state index contributed by atoms with van der Waals surface area (Å²) in [5.41, 5.74) is 1.28. The van der Waals surface area contributed by atoms with Gasteiger partial charge in [-0.1, -0.05) is 24.3 Å². The molecule has 3 heteroatoms. The highest BCUT2D eigenvalue weighted by molar-refractivity contribution is 5.78. The lowest BCUT2D eigenvalue weighted by Gasteiger charge is -2.06. The van der Waals surface area contributed by atoms with Crippen molar-refractivity contribution in [3.8, 4) is 0 Å². The SMILES string of the molecule is CC(=O)Cc1ccccc1CC(F)F. The number of rotatable bonds is 4. The van der Waals surface area contributed by atoms with E-state index in [4.69, 9.17) is 0 Å². The van der Waals surface area contributed by atoms with Crippen LogP contribution in [0.4, 0.5) is 8.78 Å². The van der Waals surface area contributed by atoms with Crippen molar-refractivity contribution in [2.45, 2.75) is 26.2 Å². The monoisotopic (exact) mass is 198 g/mol. The van der Waals surface area contributed by atoms with Crippen LogP contribution in [0.2, 0.25) is 0 Å². The van der Waals surface area contributed by atoms with Gasteiger partial charge in [0.25, 0.3) is 0 Å². The molecule has 0 saturated heterocycles. The average molecular weight is 198 g/mol. The molecule has 0 atom stereocenters. The molecule has 76 valence electrons. The van der Waals surface area contributed by atoms with E-state index in [-0.39, 0.29) is 18.6 Å². The van der Waals surface area contributed by atoms with E-state index in [0.717, 1.165) is 0 Å². The third-order valence-electron chi connectivity index (χ3n) is 1.93. The van der Waals surface area contributed by atoms with E-state index in [9.17, 15) is 13.6 Å². The second-order valence-corrected chi connectivity index (χ2v) is 3.24. The molecule has 0 bridgehead atoms. The van der Waals surface area contributed by atoms with Crippen molar-refractivity contribution >= 4 is 5.78 Å². The Kier molecular flexibility index (Phi) is 3.74. The van der Waals surface area contributed by atoms with Crippen LogP contribution in [0.3, 0.4) is 0 Å². The molecule has 14 heavy (non-hydrogen) atoms. The minimum atomic E-state index is -2.36. The van der Waals surface area contributed by atoms with E-state index in [0.29, 0.717) is 11.1 Å². The number of alkyl halides is 2. The van der Waals surface area contributed by atoms with Crippen LogP contribution >= 0.6 is 0 Å². The van der Waals surface area contributed by atoms with E-state index in [1.165, 1.54) is 6.92 Å². The fraction of sp³-hybridized carbons (Fsp3) is 0.364. The largest absolute Gasteiger partial charge is 0.300 e. The van der Waals surface area contributed by atoms with E-state index >= 15 is 0 Å². The summed E-state index contributed by atoms with van der Waals surface area (Å²) in [5, 5.41) is 0. The lowest BCUT2D eigenvalue weighted by atomic mass is 10.0. The van der Waals surface area contributed by atoms with Crippen molar-refractivity contribution in [1.82, 2.24) is 0 Å². The molecule has 0 saturated carbocycles. The number of hydrogen-bond donors (Lipinski definition) is 0. The lowest BCUT2D eigenvalue weighted by molar-refractivity contribution is -0.116. The van der Waals surface area contributed by atoms with Gasteiger partial charge in [-0.15, -0.1) is 0 Å². The first-order chi connectivity index (χ1) is 6.59. The maximum atomic E-state index is 12.2. The van der Waals surface area contributed by atoms with Crippen molar-refractivity contribution in [2.75, 3.05) is 0 Å². The Morgan fingerprint density at radius 2 is 1.86 bits per heavy atom. The van der Waals surface area contributed by atoms with Crippen LogP contribution in [0, 0.1) is 0 Å². The summed E-state index contributed by atoms with van der Waals surface area (Å²) in [6, 6.07) is 6.83. The summed E-state index contributed by atoms with van der Waals surface area (Å²) in [5.74, 6) is -0.00767. The third kappa shape index (κ3) is 3.24. The number of carbonyl (C=O) groups is 1. The molecule has 0 N–H and O–H groups in total. The highest BCUT2D eigenvalue weighted by atomic mass is 19.3.